The SMILES string of the molecule is Cc1ccccc1[C@@H](C)NCc1ccc(C(=O)O)cc1Br. The van der Waals surface area contributed by atoms with Gasteiger partial charge in [0.15, 0.2) is 0 Å². The average molecular weight is 348 g/mol. The Morgan fingerprint density at radius 2 is 2.00 bits per heavy atom. The molecular weight excluding hydrogens is 330 g/mol. The summed E-state index contributed by atoms with van der Waals surface area (Å²) in [7, 11) is 0. The van der Waals surface area contributed by atoms with E-state index in [4.69, 9.17) is 5.11 Å². The summed E-state index contributed by atoms with van der Waals surface area (Å²) in [6, 6.07) is 13.6. The van der Waals surface area contributed by atoms with Gasteiger partial charge in [0.1, 0.15) is 0 Å². The second-order valence-electron chi connectivity index (χ2n) is 5.07. The molecule has 4 heteroatoms. The van der Waals surface area contributed by atoms with Crippen LogP contribution in [0.3, 0.4) is 0 Å². The third-order valence-corrected chi connectivity index (χ3v) is 4.29. The Labute approximate surface area is 133 Å². The Kier molecular flexibility index (Phi) is 5.15. The molecule has 0 saturated carbocycles. The highest BCUT2D eigenvalue weighted by Gasteiger charge is 2.10. The van der Waals surface area contributed by atoms with Crippen molar-refractivity contribution in [2.24, 2.45) is 0 Å². The van der Waals surface area contributed by atoms with Crippen LogP contribution in [-0.4, -0.2) is 11.1 Å². The number of hydrogen-bond acceptors (Lipinski definition) is 2. The first-order valence-corrected chi connectivity index (χ1v) is 7.59. The van der Waals surface area contributed by atoms with E-state index in [9.17, 15) is 4.79 Å². The normalized spacial score (nSPS) is 12.1. The van der Waals surface area contributed by atoms with Gasteiger partial charge in [-0.1, -0.05) is 46.3 Å². The summed E-state index contributed by atoms with van der Waals surface area (Å²) in [5.41, 5.74) is 3.87. The zero-order valence-corrected chi connectivity index (χ0v) is 13.6. The Morgan fingerprint density at radius 1 is 1.29 bits per heavy atom. The first-order valence-electron chi connectivity index (χ1n) is 6.79. The molecule has 0 aromatic heterocycles. The number of halogens is 1. The predicted octanol–water partition coefficient (Wildman–Crippen LogP) is 4.31. The third kappa shape index (κ3) is 3.93. The van der Waals surface area contributed by atoms with Crippen LogP contribution in [0, 0.1) is 6.92 Å². The van der Waals surface area contributed by atoms with Crippen LogP contribution < -0.4 is 5.32 Å². The molecule has 2 rings (SSSR count). The lowest BCUT2D eigenvalue weighted by Gasteiger charge is -2.17. The van der Waals surface area contributed by atoms with Gasteiger partial charge in [-0.25, -0.2) is 4.79 Å². The number of carbonyl (C=O) groups is 1. The first-order chi connectivity index (χ1) is 9.99. The Balaban J connectivity index is 2.06. The summed E-state index contributed by atoms with van der Waals surface area (Å²) >= 11 is 3.43. The number of aryl methyl sites for hydroxylation is 1. The molecule has 0 bridgehead atoms. The Hall–Kier alpha value is -1.65. The maximum atomic E-state index is 10.9. The quantitative estimate of drug-likeness (QED) is 0.847. The summed E-state index contributed by atoms with van der Waals surface area (Å²) in [4.78, 5) is 10.9. The lowest BCUT2D eigenvalue weighted by Crippen LogP contribution is -2.19. The Morgan fingerprint density at radius 3 is 2.62 bits per heavy atom. The second-order valence-corrected chi connectivity index (χ2v) is 5.92. The number of carboxylic acids is 1. The van der Waals surface area contributed by atoms with Gasteiger partial charge in [0.2, 0.25) is 0 Å². The fraction of sp³-hybridized carbons (Fsp3) is 0.235. The predicted molar refractivity (Wildman–Crippen MR) is 87.5 cm³/mol. The van der Waals surface area contributed by atoms with Crippen molar-refractivity contribution in [2.75, 3.05) is 0 Å². The van der Waals surface area contributed by atoms with E-state index in [0.717, 1.165) is 10.0 Å². The van der Waals surface area contributed by atoms with Gasteiger partial charge in [0.25, 0.3) is 0 Å². The standard InChI is InChI=1S/C17H18BrNO2/c1-11-5-3-4-6-15(11)12(2)19-10-14-8-7-13(17(20)21)9-16(14)18/h3-9,12,19H,10H2,1-2H3,(H,20,21)/t12-/m1/s1. The fourth-order valence-corrected chi connectivity index (χ4v) is 2.79. The smallest absolute Gasteiger partial charge is 0.335 e. The fourth-order valence-electron chi connectivity index (χ4n) is 2.27. The van der Waals surface area contributed by atoms with Gasteiger partial charge in [0.05, 0.1) is 5.56 Å². The summed E-state index contributed by atoms with van der Waals surface area (Å²) < 4.78 is 0.812. The van der Waals surface area contributed by atoms with Gasteiger partial charge in [-0.2, -0.15) is 0 Å². The highest BCUT2D eigenvalue weighted by Crippen LogP contribution is 2.21. The number of nitrogens with one attached hydrogen (secondary N) is 1. The number of aromatic carboxylic acids is 1. The largest absolute Gasteiger partial charge is 0.478 e. The molecule has 0 spiro atoms. The van der Waals surface area contributed by atoms with Crippen molar-refractivity contribution in [3.8, 4) is 0 Å². The minimum atomic E-state index is -0.913. The van der Waals surface area contributed by atoms with E-state index < -0.39 is 5.97 Å². The minimum absolute atomic E-state index is 0.234. The van der Waals surface area contributed by atoms with Crippen molar-refractivity contribution in [1.82, 2.24) is 5.32 Å². The summed E-state index contributed by atoms with van der Waals surface area (Å²) in [5.74, 6) is -0.913. The zero-order valence-electron chi connectivity index (χ0n) is 12.1. The van der Waals surface area contributed by atoms with Crippen molar-refractivity contribution >= 4 is 21.9 Å². The monoisotopic (exact) mass is 347 g/mol. The van der Waals surface area contributed by atoms with E-state index in [1.165, 1.54) is 11.1 Å². The van der Waals surface area contributed by atoms with Gasteiger partial charge < -0.3 is 10.4 Å². The second kappa shape index (κ2) is 6.87. The van der Waals surface area contributed by atoms with Crippen molar-refractivity contribution in [3.63, 3.8) is 0 Å². The summed E-state index contributed by atoms with van der Waals surface area (Å²) in [5, 5.41) is 12.4. The molecule has 0 radical (unpaired) electrons. The van der Waals surface area contributed by atoms with Gasteiger partial charge in [-0.3, -0.25) is 0 Å². The lowest BCUT2D eigenvalue weighted by atomic mass is 10.0. The van der Waals surface area contributed by atoms with E-state index in [0.29, 0.717) is 6.54 Å². The molecule has 0 aliphatic heterocycles. The van der Waals surface area contributed by atoms with Crippen LogP contribution >= 0.6 is 15.9 Å². The van der Waals surface area contributed by atoms with Gasteiger partial charge in [0, 0.05) is 17.1 Å². The number of hydrogen-bond donors (Lipinski definition) is 2. The molecule has 2 aromatic carbocycles. The molecule has 0 aliphatic rings. The molecule has 1 atom stereocenters. The summed E-state index contributed by atoms with van der Waals surface area (Å²) in [6.45, 7) is 4.91. The van der Waals surface area contributed by atoms with E-state index in [2.05, 4.69) is 47.2 Å². The molecule has 2 aromatic rings. The average Bonchev–Trinajstić information content (AvgIpc) is 2.46. The van der Waals surface area contributed by atoms with Gasteiger partial charge in [-0.05, 0) is 42.7 Å². The molecule has 0 aliphatic carbocycles. The lowest BCUT2D eigenvalue weighted by molar-refractivity contribution is 0.0697. The highest BCUT2D eigenvalue weighted by molar-refractivity contribution is 9.10. The Bertz CT molecular complexity index is 655. The molecule has 0 amide bonds. The minimum Gasteiger partial charge on any atom is -0.478 e. The number of carboxylic acid groups (broad SMARTS) is 1. The summed E-state index contributed by atoms with van der Waals surface area (Å²) in [6.07, 6.45) is 0. The van der Waals surface area contributed by atoms with Gasteiger partial charge >= 0.3 is 5.97 Å². The van der Waals surface area contributed by atoms with E-state index in [-0.39, 0.29) is 11.6 Å². The molecule has 3 nitrogen and oxygen atoms in total. The van der Waals surface area contributed by atoms with Crippen molar-refractivity contribution in [1.29, 1.82) is 0 Å². The van der Waals surface area contributed by atoms with Crippen LogP contribution in [0.4, 0.5) is 0 Å². The van der Waals surface area contributed by atoms with E-state index in [1.54, 1.807) is 12.1 Å². The molecule has 21 heavy (non-hydrogen) atoms. The zero-order chi connectivity index (χ0) is 15.4. The van der Waals surface area contributed by atoms with Gasteiger partial charge in [-0.15, -0.1) is 0 Å². The molecule has 0 heterocycles. The van der Waals surface area contributed by atoms with Crippen LogP contribution in [0.25, 0.3) is 0 Å². The molecule has 110 valence electrons. The topological polar surface area (TPSA) is 49.3 Å². The van der Waals surface area contributed by atoms with Crippen molar-refractivity contribution in [3.05, 3.63) is 69.2 Å². The number of benzene rings is 2. The van der Waals surface area contributed by atoms with Crippen LogP contribution in [0.2, 0.25) is 0 Å². The van der Waals surface area contributed by atoms with Crippen LogP contribution in [0.1, 0.15) is 40.0 Å². The molecule has 0 saturated heterocycles. The molecule has 0 unspecified atom stereocenters. The molecule has 0 fully saturated rings. The maximum absolute atomic E-state index is 10.9. The van der Waals surface area contributed by atoms with Crippen LogP contribution in [-0.2, 0) is 6.54 Å². The van der Waals surface area contributed by atoms with Crippen molar-refractivity contribution < 1.29 is 9.90 Å². The number of rotatable bonds is 5. The maximum Gasteiger partial charge on any atom is 0.335 e. The van der Waals surface area contributed by atoms with E-state index >= 15 is 0 Å². The van der Waals surface area contributed by atoms with E-state index in [1.807, 2.05) is 18.2 Å². The third-order valence-electron chi connectivity index (χ3n) is 3.55. The highest BCUT2D eigenvalue weighted by atomic mass is 79.9. The first kappa shape index (κ1) is 15.7. The van der Waals surface area contributed by atoms with Crippen LogP contribution in [0.15, 0.2) is 46.9 Å². The molecular formula is C17H18BrNO2. The van der Waals surface area contributed by atoms with Crippen molar-refractivity contribution in [2.45, 2.75) is 26.4 Å². The van der Waals surface area contributed by atoms with Crippen LogP contribution in [0.5, 0.6) is 0 Å². The molecule has 2 N–H and O–H groups in total.